The van der Waals surface area contributed by atoms with Gasteiger partial charge in [-0.15, -0.1) is 0 Å². The topological polar surface area (TPSA) is 107 Å². The Hall–Kier alpha value is -4.39. The summed E-state index contributed by atoms with van der Waals surface area (Å²) >= 11 is 0. The molecule has 0 unspecified atom stereocenters. The lowest BCUT2D eigenvalue weighted by Gasteiger charge is -2.15. The average molecular weight is 423 g/mol. The summed E-state index contributed by atoms with van der Waals surface area (Å²) in [6.45, 7) is 4.08. The SMILES string of the molecule is C=C(CN1Cc2c(-c3ccn4ncc(-c5ccccc5)c4c3)ccc(N)c2C1=O)C(N)=O. The molecule has 0 radical (unpaired) electrons. The summed E-state index contributed by atoms with van der Waals surface area (Å²) < 4.78 is 1.83. The first-order valence-electron chi connectivity index (χ1n) is 10.2. The largest absolute Gasteiger partial charge is 0.398 e. The van der Waals surface area contributed by atoms with Gasteiger partial charge in [0, 0.05) is 29.6 Å². The third kappa shape index (κ3) is 3.11. The van der Waals surface area contributed by atoms with Crippen molar-refractivity contribution < 1.29 is 9.59 Å². The minimum Gasteiger partial charge on any atom is -0.398 e. The molecular formula is C25H21N5O2. The van der Waals surface area contributed by atoms with E-state index >= 15 is 0 Å². The van der Waals surface area contributed by atoms with Gasteiger partial charge in [-0.2, -0.15) is 5.10 Å². The minimum atomic E-state index is -0.624. The van der Waals surface area contributed by atoms with Gasteiger partial charge in [-0.3, -0.25) is 9.59 Å². The molecule has 2 amide bonds. The number of aromatic nitrogens is 2. The Morgan fingerprint density at radius 2 is 1.84 bits per heavy atom. The van der Waals surface area contributed by atoms with Crippen LogP contribution in [0.4, 0.5) is 5.69 Å². The molecule has 2 aromatic heterocycles. The van der Waals surface area contributed by atoms with E-state index in [1.54, 1.807) is 11.0 Å². The molecule has 0 fully saturated rings. The number of hydrogen-bond donors (Lipinski definition) is 2. The average Bonchev–Trinajstić information content (AvgIpc) is 3.36. The zero-order chi connectivity index (χ0) is 22.4. The van der Waals surface area contributed by atoms with Crippen LogP contribution < -0.4 is 11.5 Å². The molecule has 7 heteroatoms. The van der Waals surface area contributed by atoms with Crippen molar-refractivity contribution in [2.24, 2.45) is 5.73 Å². The quantitative estimate of drug-likeness (QED) is 0.380. The van der Waals surface area contributed by atoms with E-state index < -0.39 is 5.91 Å². The van der Waals surface area contributed by atoms with Gasteiger partial charge in [-0.05, 0) is 40.5 Å². The first kappa shape index (κ1) is 19.6. The number of fused-ring (bicyclic) bond motifs is 2. The van der Waals surface area contributed by atoms with Crippen molar-refractivity contribution in [3.63, 3.8) is 0 Å². The van der Waals surface area contributed by atoms with Crippen molar-refractivity contribution in [2.75, 3.05) is 12.3 Å². The second-order valence-corrected chi connectivity index (χ2v) is 7.85. The van der Waals surface area contributed by atoms with Crippen LogP contribution in [-0.2, 0) is 11.3 Å². The lowest BCUT2D eigenvalue weighted by molar-refractivity contribution is -0.114. The van der Waals surface area contributed by atoms with Gasteiger partial charge in [-0.1, -0.05) is 43.0 Å². The number of primary amides is 1. The van der Waals surface area contributed by atoms with E-state index in [0.29, 0.717) is 17.8 Å². The van der Waals surface area contributed by atoms with E-state index in [4.69, 9.17) is 11.5 Å². The Kier molecular flexibility index (Phi) is 4.52. The fraction of sp³-hybridized carbons (Fsp3) is 0.0800. The number of benzene rings is 2. The van der Waals surface area contributed by atoms with Gasteiger partial charge >= 0.3 is 0 Å². The molecule has 2 aromatic carbocycles. The molecule has 1 aliphatic rings. The molecule has 0 saturated heterocycles. The second-order valence-electron chi connectivity index (χ2n) is 7.85. The van der Waals surface area contributed by atoms with Gasteiger partial charge in [0.2, 0.25) is 5.91 Å². The van der Waals surface area contributed by atoms with Crippen molar-refractivity contribution in [1.29, 1.82) is 0 Å². The number of pyridine rings is 1. The number of carbonyl (C=O) groups is 2. The maximum absolute atomic E-state index is 13.0. The Morgan fingerprint density at radius 3 is 2.59 bits per heavy atom. The van der Waals surface area contributed by atoms with E-state index in [-0.39, 0.29) is 18.0 Å². The van der Waals surface area contributed by atoms with Crippen LogP contribution >= 0.6 is 0 Å². The standard InChI is InChI=1S/C25H21N5O2/c1-15(24(27)31)13-29-14-20-18(7-8-21(26)23(20)25(29)32)17-9-10-30-22(11-17)19(12-28-30)16-5-3-2-4-6-16/h2-12H,1,13-14,26H2,(H2,27,31). The molecule has 1 aliphatic heterocycles. The number of carbonyl (C=O) groups excluding carboxylic acids is 2. The van der Waals surface area contributed by atoms with Crippen LogP contribution in [0.25, 0.3) is 27.8 Å². The van der Waals surface area contributed by atoms with E-state index in [1.165, 1.54) is 0 Å². The van der Waals surface area contributed by atoms with Crippen LogP contribution in [0.15, 0.2) is 79.1 Å². The van der Waals surface area contributed by atoms with Gasteiger partial charge in [0.05, 0.1) is 23.8 Å². The fourth-order valence-corrected chi connectivity index (χ4v) is 4.20. The zero-order valence-corrected chi connectivity index (χ0v) is 17.3. The highest BCUT2D eigenvalue weighted by atomic mass is 16.2. The summed E-state index contributed by atoms with van der Waals surface area (Å²) in [7, 11) is 0. The van der Waals surface area contributed by atoms with Gasteiger partial charge in [0.1, 0.15) is 0 Å². The Balaban J connectivity index is 1.60. The first-order chi connectivity index (χ1) is 15.4. The van der Waals surface area contributed by atoms with Gasteiger partial charge in [-0.25, -0.2) is 4.52 Å². The number of hydrogen-bond acceptors (Lipinski definition) is 4. The Morgan fingerprint density at radius 1 is 1.06 bits per heavy atom. The number of amides is 2. The summed E-state index contributed by atoms with van der Waals surface area (Å²) in [5.74, 6) is -0.848. The van der Waals surface area contributed by atoms with Crippen LogP contribution in [0.1, 0.15) is 15.9 Å². The van der Waals surface area contributed by atoms with Crippen molar-refractivity contribution >= 4 is 23.0 Å². The molecular weight excluding hydrogens is 402 g/mol. The molecule has 0 saturated carbocycles. The molecule has 32 heavy (non-hydrogen) atoms. The highest BCUT2D eigenvalue weighted by Gasteiger charge is 2.32. The number of nitrogens with two attached hydrogens (primary N) is 2. The minimum absolute atomic E-state index is 0.0710. The number of nitrogen functional groups attached to an aromatic ring is 1. The fourth-order valence-electron chi connectivity index (χ4n) is 4.20. The first-order valence-corrected chi connectivity index (χ1v) is 10.2. The smallest absolute Gasteiger partial charge is 0.256 e. The molecule has 0 spiro atoms. The Labute approximate surface area is 184 Å². The second kappa shape index (κ2) is 7.39. The lowest BCUT2D eigenvalue weighted by Crippen LogP contribution is -2.30. The van der Waals surface area contributed by atoms with Crippen LogP contribution in [0, 0.1) is 0 Å². The van der Waals surface area contributed by atoms with Gasteiger partial charge < -0.3 is 16.4 Å². The molecule has 4 aromatic rings. The predicted molar refractivity (Wildman–Crippen MR) is 124 cm³/mol. The predicted octanol–water partition coefficient (Wildman–Crippen LogP) is 3.25. The summed E-state index contributed by atoms with van der Waals surface area (Å²) in [5.41, 5.74) is 18.3. The monoisotopic (exact) mass is 423 g/mol. The van der Waals surface area contributed by atoms with Crippen molar-refractivity contribution in [1.82, 2.24) is 14.5 Å². The van der Waals surface area contributed by atoms with Crippen LogP contribution in [-0.4, -0.2) is 32.9 Å². The van der Waals surface area contributed by atoms with Crippen LogP contribution in [0.3, 0.4) is 0 Å². The van der Waals surface area contributed by atoms with E-state index in [1.807, 2.05) is 59.4 Å². The van der Waals surface area contributed by atoms with E-state index in [0.717, 1.165) is 33.3 Å². The summed E-state index contributed by atoms with van der Waals surface area (Å²) in [6.07, 6.45) is 3.76. The van der Waals surface area contributed by atoms with Crippen molar-refractivity contribution in [3.05, 3.63) is 90.3 Å². The lowest BCUT2D eigenvalue weighted by atomic mass is 9.95. The third-order valence-electron chi connectivity index (χ3n) is 5.84. The number of anilines is 1. The van der Waals surface area contributed by atoms with Crippen LogP contribution in [0.2, 0.25) is 0 Å². The normalized spacial score (nSPS) is 12.9. The number of rotatable bonds is 5. The third-order valence-corrected chi connectivity index (χ3v) is 5.84. The summed E-state index contributed by atoms with van der Waals surface area (Å²) in [4.78, 5) is 26.0. The molecule has 158 valence electrons. The highest BCUT2D eigenvalue weighted by molar-refractivity contribution is 6.06. The van der Waals surface area contributed by atoms with Crippen LogP contribution in [0.5, 0.6) is 0 Å². The summed E-state index contributed by atoms with van der Waals surface area (Å²) in [5, 5.41) is 4.47. The maximum Gasteiger partial charge on any atom is 0.256 e. The maximum atomic E-state index is 13.0. The van der Waals surface area contributed by atoms with Gasteiger partial charge in [0.25, 0.3) is 5.91 Å². The number of nitrogens with zero attached hydrogens (tertiary/aromatic N) is 3. The molecule has 5 rings (SSSR count). The zero-order valence-electron chi connectivity index (χ0n) is 17.3. The van der Waals surface area contributed by atoms with E-state index in [9.17, 15) is 9.59 Å². The van der Waals surface area contributed by atoms with E-state index in [2.05, 4.69) is 17.7 Å². The molecule has 0 atom stereocenters. The van der Waals surface area contributed by atoms with Crippen molar-refractivity contribution in [2.45, 2.75) is 6.54 Å². The molecule has 7 nitrogen and oxygen atoms in total. The van der Waals surface area contributed by atoms with Crippen molar-refractivity contribution in [3.8, 4) is 22.3 Å². The Bertz CT molecular complexity index is 1400. The molecule has 0 bridgehead atoms. The molecule has 4 N–H and O–H groups in total. The highest BCUT2D eigenvalue weighted by Crippen LogP contribution is 2.37. The van der Waals surface area contributed by atoms with Gasteiger partial charge in [0.15, 0.2) is 0 Å². The molecule has 0 aliphatic carbocycles. The molecule has 3 heterocycles. The summed E-state index contributed by atoms with van der Waals surface area (Å²) in [6, 6.07) is 17.8.